The van der Waals surface area contributed by atoms with Crippen LogP contribution in [0.2, 0.25) is 6.82 Å². The van der Waals surface area contributed by atoms with Crippen LogP contribution < -0.4 is 5.59 Å². The standard InChI is InChI=1S/C11H17BN2O2/c1-4-16-11(15)8-5-7(8)10-13-9(12-2)6-14(10)3/h6-8,12H,4-5H2,1-3H3/t7-,8-/m1/s1. The van der Waals surface area contributed by atoms with Gasteiger partial charge < -0.3 is 9.30 Å². The van der Waals surface area contributed by atoms with E-state index < -0.39 is 0 Å². The average Bonchev–Trinajstić information content (AvgIpc) is 2.96. The van der Waals surface area contributed by atoms with E-state index in [1.807, 2.05) is 24.7 Å². The first-order valence-corrected chi connectivity index (χ1v) is 5.86. The van der Waals surface area contributed by atoms with Crippen LogP contribution in [-0.4, -0.2) is 29.4 Å². The first-order valence-electron chi connectivity index (χ1n) is 5.86. The number of carbonyl (C=O) groups excluding carboxylic acids is 1. The van der Waals surface area contributed by atoms with Crippen molar-refractivity contribution in [2.24, 2.45) is 13.0 Å². The first kappa shape index (κ1) is 11.2. The smallest absolute Gasteiger partial charge is 0.309 e. The minimum absolute atomic E-state index is 0.0331. The predicted molar refractivity (Wildman–Crippen MR) is 63.3 cm³/mol. The van der Waals surface area contributed by atoms with Gasteiger partial charge in [0.2, 0.25) is 0 Å². The summed E-state index contributed by atoms with van der Waals surface area (Å²) in [6.45, 7) is 4.38. The molecule has 1 fully saturated rings. The molecule has 0 bridgehead atoms. The van der Waals surface area contributed by atoms with Gasteiger partial charge in [-0.1, -0.05) is 6.82 Å². The lowest BCUT2D eigenvalue weighted by atomic mass is 9.79. The number of esters is 1. The highest BCUT2D eigenvalue weighted by Crippen LogP contribution is 2.47. The van der Waals surface area contributed by atoms with Gasteiger partial charge in [-0.15, -0.1) is 0 Å². The molecular weight excluding hydrogens is 203 g/mol. The van der Waals surface area contributed by atoms with Crippen molar-refractivity contribution in [3.63, 3.8) is 0 Å². The molecule has 0 radical (unpaired) electrons. The lowest BCUT2D eigenvalue weighted by Gasteiger charge is -2.01. The molecule has 0 unspecified atom stereocenters. The molecule has 1 aliphatic rings. The molecule has 0 spiro atoms. The highest BCUT2D eigenvalue weighted by atomic mass is 16.5. The minimum atomic E-state index is -0.0754. The molecule has 0 amide bonds. The molecule has 0 N–H and O–H groups in total. The molecule has 4 nitrogen and oxygen atoms in total. The predicted octanol–water partition coefficient (Wildman–Crippen LogP) is 0.197. The van der Waals surface area contributed by atoms with Gasteiger partial charge in [-0.25, -0.2) is 4.98 Å². The zero-order chi connectivity index (χ0) is 11.7. The van der Waals surface area contributed by atoms with E-state index >= 15 is 0 Å². The van der Waals surface area contributed by atoms with Crippen molar-refractivity contribution in [3.8, 4) is 0 Å². The van der Waals surface area contributed by atoms with Crippen LogP contribution in [0.5, 0.6) is 0 Å². The van der Waals surface area contributed by atoms with Gasteiger partial charge >= 0.3 is 5.97 Å². The van der Waals surface area contributed by atoms with Gasteiger partial charge in [0, 0.05) is 24.8 Å². The van der Waals surface area contributed by atoms with Crippen LogP contribution in [0.15, 0.2) is 6.20 Å². The molecule has 2 rings (SSSR count). The fourth-order valence-electron chi connectivity index (χ4n) is 2.05. The molecule has 1 aromatic rings. The maximum absolute atomic E-state index is 11.5. The van der Waals surface area contributed by atoms with Crippen LogP contribution in [0.4, 0.5) is 0 Å². The summed E-state index contributed by atoms with van der Waals surface area (Å²) in [5, 5.41) is 0. The van der Waals surface area contributed by atoms with E-state index in [4.69, 9.17) is 4.74 Å². The minimum Gasteiger partial charge on any atom is -0.466 e. The third-order valence-electron chi connectivity index (χ3n) is 3.04. The average molecular weight is 220 g/mol. The molecule has 1 saturated carbocycles. The number of imidazole rings is 1. The summed E-state index contributed by atoms with van der Waals surface area (Å²) >= 11 is 0. The van der Waals surface area contributed by atoms with Crippen LogP contribution >= 0.6 is 0 Å². The van der Waals surface area contributed by atoms with Crippen LogP contribution in [0.1, 0.15) is 25.1 Å². The molecule has 2 atom stereocenters. The zero-order valence-corrected chi connectivity index (χ0v) is 10.1. The Morgan fingerprint density at radius 3 is 3.06 bits per heavy atom. The SMILES string of the molecule is CBc1cn(C)c([C@@H]2C[C@H]2C(=O)OCC)n1. The lowest BCUT2D eigenvalue weighted by molar-refractivity contribution is -0.144. The van der Waals surface area contributed by atoms with Crippen LogP contribution in [0.3, 0.4) is 0 Å². The van der Waals surface area contributed by atoms with Gasteiger partial charge in [-0.2, -0.15) is 0 Å². The third kappa shape index (κ3) is 1.99. The largest absolute Gasteiger partial charge is 0.466 e. The second-order valence-electron chi connectivity index (χ2n) is 4.26. The fraction of sp³-hybridized carbons (Fsp3) is 0.636. The summed E-state index contributed by atoms with van der Waals surface area (Å²) in [5.74, 6) is 1.25. The Morgan fingerprint density at radius 1 is 1.75 bits per heavy atom. The number of aryl methyl sites for hydroxylation is 1. The maximum Gasteiger partial charge on any atom is 0.309 e. The lowest BCUT2D eigenvalue weighted by Crippen LogP contribution is -2.11. The summed E-state index contributed by atoms with van der Waals surface area (Å²) in [5.41, 5.74) is 1.09. The van der Waals surface area contributed by atoms with Crippen molar-refractivity contribution >= 4 is 18.8 Å². The summed E-state index contributed by atoms with van der Waals surface area (Å²) in [4.78, 5) is 16.1. The Morgan fingerprint density at radius 2 is 2.50 bits per heavy atom. The van der Waals surface area contributed by atoms with E-state index in [-0.39, 0.29) is 17.8 Å². The molecule has 86 valence electrons. The molecule has 0 aliphatic heterocycles. The Hall–Kier alpha value is -1.26. The number of hydrogen-bond acceptors (Lipinski definition) is 3. The van der Waals surface area contributed by atoms with E-state index in [0.29, 0.717) is 6.61 Å². The van der Waals surface area contributed by atoms with Crippen molar-refractivity contribution < 1.29 is 9.53 Å². The van der Waals surface area contributed by atoms with E-state index in [0.717, 1.165) is 25.1 Å². The number of hydrogen-bond donors (Lipinski definition) is 0. The Kier molecular flexibility index (Phi) is 3.03. The molecule has 0 aromatic carbocycles. The quantitative estimate of drug-likeness (QED) is 0.537. The number of nitrogens with zero attached hydrogens (tertiary/aromatic N) is 2. The van der Waals surface area contributed by atoms with Gasteiger partial charge in [-0.3, -0.25) is 4.79 Å². The number of ether oxygens (including phenoxy) is 1. The number of rotatable bonds is 4. The summed E-state index contributed by atoms with van der Waals surface area (Å²) in [7, 11) is 2.92. The second-order valence-corrected chi connectivity index (χ2v) is 4.26. The van der Waals surface area contributed by atoms with Gasteiger partial charge in [0.05, 0.1) is 12.5 Å². The molecule has 1 heterocycles. The number of aromatic nitrogens is 2. The molecular formula is C11H17BN2O2. The molecule has 16 heavy (non-hydrogen) atoms. The van der Waals surface area contributed by atoms with Crippen molar-refractivity contribution in [3.05, 3.63) is 12.0 Å². The van der Waals surface area contributed by atoms with Crippen molar-refractivity contribution in [1.29, 1.82) is 0 Å². The van der Waals surface area contributed by atoms with Gasteiger partial charge in [0.25, 0.3) is 0 Å². The summed E-state index contributed by atoms with van der Waals surface area (Å²) < 4.78 is 7.05. The fourth-order valence-corrected chi connectivity index (χ4v) is 2.05. The van der Waals surface area contributed by atoms with E-state index in [1.54, 1.807) is 0 Å². The maximum atomic E-state index is 11.5. The zero-order valence-electron chi connectivity index (χ0n) is 10.1. The highest BCUT2D eigenvalue weighted by molar-refractivity contribution is 6.50. The van der Waals surface area contributed by atoms with Crippen LogP contribution in [-0.2, 0) is 16.6 Å². The van der Waals surface area contributed by atoms with Gasteiger partial charge in [-0.05, 0) is 13.3 Å². The molecule has 5 heteroatoms. The topological polar surface area (TPSA) is 44.1 Å². The van der Waals surface area contributed by atoms with Gasteiger partial charge in [0.1, 0.15) is 5.82 Å². The Bertz CT molecular complexity index is 403. The van der Waals surface area contributed by atoms with Crippen molar-refractivity contribution in [1.82, 2.24) is 9.55 Å². The highest BCUT2D eigenvalue weighted by Gasteiger charge is 2.47. The number of carbonyl (C=O) groups is 1. The summed E-state index contributed by atoms with van der Waals surface area (Å²) in [6.07, 6.45) is 2.92. The second kappa shape index (κ2) is 4.32. The van der Waals surface area contributed by atoms with E-state index in [2.05, 4.69) is 11.8 Å². The van der Waals surface area contributed by atoms with Gasteiger partial charge in [0.15, 0.2) is 7.28 Å². The Labute approximate surface area is 96.2 Å². The third-order valence-corrected chi connectivity index (χ3v) is 3.04. The van der Waals surface area contributed by atoms with E-state index in [9.17, 15) is 4.79 Å². The Balaban J connectivity index is 2.05. The first-order chi connectivity index (χ1) is 7.67. The van der Waals surface area contributed by atoms with Crippen LogP contribution in [0.25, 0.3) is 0 Å². The molecule has 0 saturated heterocycles. The monoisotopic (exact) mass is 220 g/mol. The van der Waals surface area contributed by atoms with E-state index in [1.165, 1.54) is 0 Å². The van der Waals surface area contributed by atoms with Crippen LogP contribution in [0, 0.1) is 5.92 Å². The summed E-state index contributed by atoms with van der Waals surface area (Å²) in [6, 6.07) is 0. The van der Waals surface area contributed by atoms with Crippen molar-refractivity contribution in [2.45, 2.75) is 26.1 Å². The molecule has 1 aliphatic carbocycles. The molecule has 1 aromatic heterocycles. The van der Waals surface area contributed by atoms with Crippen molar-refractivity contribution in [2.75, 3.05) is 6.61 Å². The normalized spacial score (nSPS) is 22.9.